The van der Waals surface area contributed by atoms with E-state index in [2.05, 4.69) is 0 Å². The first kappa shape index (κ1) is 18.3. The molecule has 0 unspecified atom stereocenters. The van der Waals surface area contributed by atoms with Gasteiger partial charge in [0.05, 0.1) is 5.56 Å². The van der Waals surface area contributed by atoms with Gasteiger partial charge >= 0.3 is 6.18 Å². The van der Waals surface area contributed by atoms with Crippen LogP contribution in [-0.4, -0.2) is 4.57 Å². The molecule has 2 aromatic heterocycles. The number of fused-ring (bicyclic) bond motifs is 1. The van der Waals surface area contributed by atoms with Gasteiger partial charge in [0, 0.05) is 54.5 Å². The number of rotatable bonds is 2. The highest BCUT2D eigenvalue weighted by atomic mass is 19.4. The van der Waals surface area contributed by atoms with Crippen molar-refractivity contribution in [2.75, 3.05) is 0 Å². The minimum absolute atomic E-state index is 0.536. The van der Waals surface area contributed by atoms with Crippen LogP contribution in [0.4, 0.5) is 13.2 Å². The Kier molecular flexibility index (Phi) is 4.26. The molecule has 0 bridgehead atoms. The predicted molar refractivity (Wildman–Crippen MR) is 104 cm³/mol. The molecule has 5 heteroatoms. The van der Waals surface area contributed by atoms with Crippen molar-refractivity contribution in [1.29, 1.82) is 0 Å². The Labute approximate surface area is 161 Å². The van der Waals surface area contributed by atoms with Crippen LogP contribution in [0, 0.1) is 13.8 Å². The van der Waals surface area contributed by atoms with Crippen molar-refractivity contribution in [3.05, 3.63) is 83.8 Å². The minimum atomic E-state index is -4.42. The standard InChI is InChI=1S/C23H20F3N2/c1-15-11-17-7-4-5-8-18(17)14-28(15)22-13-19(23(24,25)26)12-20(16(22)2)21-9-6-10-27(21)3/h4-14H,1-3H3/q+1. The second-order valence-corrected chi connectivity index (χ2v) is 7.08. The Hall–Kier alpha value is -3.08. The van der Waals surface area contributed by atoms with Crippen molar-refractivity contribution in [1.82, 2.24) is 4.57 Å². The number of hydrogen-bond acceptors (Lipinski definition) is 0. The molecule has 0 atom stereocenters. The molecule has 0 aliphatic heterocycles. The van der Waals surface area contributed by atoms with Crippen molar-refractivity contribution in [2.45, 2.75) is 20.0 Å². The van der Waals surface area contributed by atoms with E-state index in [1.165, 1.54) is 12.1 Å². The zero-order valence-corrected chi connectivity index (χ0v) is 15.9. The number of aromatic nitrogens is 2. The second-order valence-electron chi connectivity index (χ2n) is 7.08. The summed E-state index contributed by atoms with van der Waals surface area (Å²) in [5, 5.41) is 2.04. The van der Waals surface area contributed by atoms with Gasteiger partial charge in [-0.25, -0.2) is 0 Å². The molecule has 0 aliphatic rings. The van der Waals surface area contributed by atoms with Gasteiger partial charge in [-0.3, -0.25) is 0 Å². The fraction of sp³-hybridized carbons (Fsp3) is 0.174. The highest BCUT2D eigenvalue weighted by Gasteiger charge is 2.34. The fourth-order valence-corrected chi connectivity index (χ4v) is 3.67. The molecule has 2 heterocycles. The van der Waals surface area contributed by atoms with Gasteiger partial charge in [0.1, 0.15) is 0 Å². The Morgan fingerprint density at radius 2 is 1.61 bits per heavy atom. The van der Waals surface area contributed by atoms with E-state index >= 15 is 0 Å². The van der Waals surface area contributed by atoms with Crippen molar-refractivity contribution >= 4 is 10.8 Å². The lowest BCUT2D eigenvalue weighted by atomic mass is 9.99. The van der Waals surface area contributed by atoms with Crippen molar-refractivity contribution in [3.8, 4) is 16.9 Å². The Bertz CT molecular complexity index is 1190. The quantitative estimate of drug-likeness (QED) is 0.391. The normalized spacial score (nSPS) is 11.9. The van der Waals surface area contributed by atoms with Crippen LogP contribution in [0.5, 0.6) is 0 Å². The fourth-order valence-electron chi connectivity index (χ4n) is 3.67. The third-order valence-electron chi connectivity index (χ3n) is 5.20. The first-order valence-corrected chi connectivity index (χ1v) is 9.00. The van der Waals surface area contributed by atoms with Crippen LogP contribution >= 0.6 is 0 Å². The number of hydrogen-bond donors (Lipinski definition) is 0. The summed E-state index contributed by atoms with van der Waals surface area (Å²) in [5.41, 5.74) is 2.90. The first-order valence-electron chi connectivity index (χ1n) is 9.00. The summed E-state index contributed by atoms with van der Waals surface area (Å²) in [4.78, 5) is 0. The summed E-state index contributed by atoms with van der Waals surface area (Å²) in [7, 11) is 1.84. The van der Waals surface area contributed by atoms with E-state index in [0.29, 0.717) is 11.3 Å². The molecular weight excluding hydrogens is 361 g/mol. The molecule has 0 N–H and O–H groups in total. The van der Waals surface area contributed by atoms with Crippen LogP contribution in [0.15, 0.2) is 67.0 Å². The van der Waals surface area contributed by atoms with Crippen LogP contribution < -0.4 is 4.57 Å². The van der Waals surface area contributed by atoms with E-state index in [4.69, 9.17) is 0 Å². The lowest BCUT2D eigenvalue weighted by Gasteiger charge is -2.15. The largest absolute Gasteiger partial charge is 0.416 e. The summed E-state index contributed by atoms with van der Waals surface area (Å²) in [6.07, 6.45) is -0.682. The minimum Gasteiger partial charge on any atom is -0.351 e. The van der Waals surface area contributed by atoms with Crippen molar-refractivity contribution in [3.63, 3.8) is 0 Å². The Morgan fingerprint density at radius 1 is 0.893 bits per heavy atom. The monoisotopic (exact) mass is 381 g/mol. The number of benzene rings is 2. The van der Waals surface area contributed by atoms with E-state index in [0.717, 1.165) is 27.7 Å². The summed E-state index contributed by atoms with van der Waals surface area (Å²) in [5.74, 6) is 0. The van der Waals surface area contributed by atoms with Crippen LogP contribution in [0.25, 0.3) is 27.7 Å². The molecule has 0 spiro atoms. The number of pyridine rings is 1. The molecule has 2 aromatic carbocycles. The average molecular weight is 381 g/mol. The van der Waals surface area contributed by atoms with Gasteiger partial charge in [0.2, 0.25) is 5.69 Å². The van der Waals surface area contributed by atoms with Crippen LogP contribution in [0.1, 0.15) is 16.8 Å². The number of alkyl halides is 3. The molecular formula is C23H20F3N2+. The van der Waals surface area contributed by atoms with Gasteiger partial charge in [0.15, 0.2) is 11.9 Å². The maximum absolute atomic E-state index is 13.7. The SMILES string of the molecule is Cc1c(-c2cccn2C)cc(C(F)(F)F)cc1-[n+]1cc2ccccc2cc1C. The smallest absolute Gasteiger partial charge is 0.351 e. The van der Waals surface area contributed by atoms with Crippen molar-refractivity contribution < 1.29 is 17.7 Å². The summed E-state index contributed by atoms with van der Waals surface area (Å²) in [6.45, 7) is 3.79. The Morgan fingerprint density at radius 3 is 2.25 bits per heavy atom. The van der Waals surface area contributed by atoms with E-state index in [1.54, 1.807) is 0 Å². The van der Waals surface area contributed by atoms with Gasteiger partial charge in [-0.2, -0.15) is 17.7 Å². The highest BCUT2D eigenvalue weighted by Crippen LogP contribution is 2.36. The van der Waals surface area contributed by atoms with Crippen LogP contribution in [-0.2, 0) is 13.2 Å². The third-order valence-corrected chi connectivity index (χ3v) is 5.20. The maximum Gasteiger partial charge on any atom is 0.416 e. The molecule has 28 heavy (non-hydrogen) atoms. The first-order chi connectivity index (χ1) is 13.3. The van der Waals surface area contributed by atoms with Gasteiger partial charge in [-0.1, -0.05) is 18.2 Å². The molecule has 0 saturated heterocycles. The Balaban J connectivity index is 2.04. The summed E-state index contributed by atoms with van der Waals surface area (Å²) in [6, 6.07) is 16.0. The van der Waals surface area contributed by atoms with E-state index < -0.39 is 11.7 Å². The van der Waals surface area contributed by atoms with Gasteiger partial charge in [0.25, 0.3) is 0 Å². The van der Waals surface area contributed by atoms with E-state index in [9.17, 15) is 13.2 Å². The lowest BCUT2D eigenvalue weighted by Crippen LogP contribution is -2.35. The topological polar surface area (TPSA) is 8.81 Å². The molecule has 0 fully saturated rings. The second kappa shape index (κ2) is 6.51. The zero-order valence-electron chi connectivity index (χ0n) is 15.9. The number of nitrogens with zero attached hydrogens (tertiary/aromatic N) is 2. The lowest BCUT2D eigenvalue weighted by molar-refractivity contribution is -0.601. The van der Waals surface area contributed by atoms with Crippen molar-refractivity contribution in [2.24, 2.45) is 7.05 Å². The van der Waals surface area contributed by atoms with Gasteiger partial charge < -0.3 is 4.57 Å². The molecule has 0 amide bonds. The zero-order chi connectivity index (χ0) is 20.1. The summed E-state index contributed by atoms with van der Waals surface area (Å²) >= 11 is 0. The number of halogens is 3. The molecule has 4 aromatic rings. The highest BCUT2D eigenvalue weighted by molar-refractivity contribution is 5.81. The van der Waals surface area contributed by atoms with Crippen LogP contribution in [0.3, 0.4) is 0 Å². The molecule has 2 nitrogen and oxygen atoms in total. The average Bonchev–Trinajstić information content (AvgIpc) is 3.06. The molecule has 4 rings (SSSR count). The van der Waals surface area contributed by atoms with Crippen LogP contribution in [0.2, 0.25) is 0 Å². The number of aryl methyl sites for hydroxylation is 2. The third kappa shape index (κ3) is 3.07. The molecule has 0 radical (unpaired) electrons. The van der Waals surface area contributed by atoms with E-state index in [1.807, 2.05) is 84.9 Å². The maximum atomic E-state index is 13.7. The van der Waals surface area contributed by atoms with Gasteiger partial charge in [-0.15, -0.1) is 0 Å². The molecule has 0 aliphatic carbocycles. The van der Waals surface area contributed by atoms with E-state index in [-0.39, 0.29) is 0 Å². The van der Waals surface area contributed by atoms with Gasteiger partial charge in [-0.05, 0) is 36.6 Å². The predicted octanol–water partition coefficient (Wildman–Crippen LogP) is 5.76. The molecule has 142 valence electrons. The summed E-state index contributed by atoms with van der Waals surface area (Å²) < 4.78 is 44.7. The molecule has 0 saturated carbocycles.